The molecule has 4 heterocycles. The molecule has 322 valence electrons. The Bertz CT molecular complexity index is 1570. The Hall–Kier alpha value is -4.02. The van der Waals surface area contributed by atoms with Crippen molar-refractivity contribution in [3.8, 4) is 0 Å². The number of carboxylic acid groups (broad SMARTS) is 1. The number of ether oxygens (including phenoxy) is 3. The molecule has 4 rings (SSSR count). The lowest BCUT2D eigenvalue weighted by Crippen LogP contribution is -2.59. The number of esters is 1. The van der Waals surface area contributed by atoms with Crippen molar-refractivity contribution in [2.45, 2.75) is 131 Å². The van der Waals surface area contributed by atoms with Gasteiger partial charge < -0.3 is 39.3 Å². The molecule has 17 heteroatoms. The van der Waals surface area contributed by atoms with Gasteiger partial charge in [0.25, 0.3) is 5.97 Å². The highest BCUT2D eigenvalue weighted by Crippen LogP contribution is 2.26. The molecule has 2 N–H and O–H groups in total. The molecular weight excluding hydrogens is 824 g/mol. The third-order valence-corrected chi connectivity index (χ3v) is 8.68. The molecule has 4 atom stereocenters. The van der Waals surface area contributed by atoms with Gasteiger partial charge in [-0.15, -0.1) is 12.4 Å². The van der Waals surface area contributed by atoms with E-state index >= 15 is 0 Å². The van der Waals surface area contributed by atoms with Crippen LogP contribution < -0.4 is 10.2 Å². The SMILES string of the molecule is CC(=O)O.CC(=O)c1ccc(Br)cn1.CC[C@H]1CN(c2ccc(C(=O)OC)nc2)[C@H](C)CN1C(=O)OC(C)(C)C.CC[C@H]1CN[C@H](C)CN1C(=O)OC(C)(C)C.Cl. The van der Waals surface area contributed by atoms with Crippen LogP contribution in [0.3, 0.4) is 0 Å². The fourth-order valence-corrected chi connectivity index (χ4v) is 5.76. The predicted octanol–water partition coefficient (Wildman–Crippen LogP) is 7.65. The van der Waals surface area contributed by atoms with Crippen LogP contribution in [0.4, 0.5) is 15.3 Å². The molecule has 0 radical (unpaired) electrons. The van der Waals surface area contributed by atoms with Gasteiger partial charge in [0.1, 0.15) is 22.6 Å². The minimum absolute atomic E-state index is 0. The molecule has 0 bridgehead atoms. The molecule has 0 unspecified atom stereocenters. The number of rotatable bonds is 5. The molecular formula is C40H64BrClN6O9. The van der Waals surface area contributed by atoms with Gasteiger partial charge in [-0.2, -0.15) is 0 Å². The van der Waals surface area contributed by atoms with Gasteiger partial charge in [-0.25, -0.2) is 19.4 Å². The minimum atomic E-state index is -0.833. The summed E-state index contributed by atoms with van der Waals surface area (Å²) in [4.78, 5) is 69.7. The topological polar surface area (TPSA) is 181 Å². The van der Waals surface area contributed by atoms with Gasteiger partial charge in [-0.3, -0.25) is 14.6 Å². The summed E-state index contributed by atoms with van der Waals surface area (Å²) in [5.41, 5.74) is 0.784. The molecule has 2 amide bonds. The largest absolute Gasteiger partial charge is 0.481 e. The number of pyridine rings is 2. The average molecular weight is 888 g/mol. The van der Waals surface area contributed by atoms with Gasteiger partial charge >= 0.3 is 18.2 Å². The first-order valence-corrected chi connectivity index (χ1v) is 19.6. The van der Waals surface area contributed by atoms with Crippen molar-refractivity contribution in [3.63, 3.8) is 0 Å². The summed E-state index contributed by atoms with van der Waals surface area (Å²) in [7, 11) is 1.34. The van der Waals surface area contributed by atoms with Crippen molar-refractivity contribution in [1.29, 1.82) is 0 Å². The van der Waals surface area contributed by atoms with E-state index in [-0.39, 0.29) is 54.2 Å². The number of hydrogen-bond donors (Lipinski definition) is 2. The van der Waals surface area contributed by atoms with Gasteiger partial charge in [0.05, 0.1) is 25.0 Å². The highest BCUT2D eigenvalue weighted by Gasteiger charge is 2.36. The lowest BCUT2D eigenvalue weighted by Gasteiger charge is -2.46. The fourth-order valence-electron chi connectivity index (χ4n) is 5.52. The first kappa shape index (κ1) is 53.0. The number of carbonyl (C=O) groups is 5. The summed E-state index contributed by atoms with van der Waals surface area (Å²) < 4.78 is 16.5. The van der Waals surface area contributed by atoms with Gasteiger partial charge in [0, 0.05) is 68.8 Å². The second-order valence-corrected chi connectivity index (χ2v) is 16.4. The predicted molar refractivity (Wildman–Crippen MR) is 226 cm³/mol. The molecule has 0 aliphatic carbocycles. The lowest BCUT2D eigenvalue weighted by atomic mass is 10.0. The highest BCUT2D eigenvalue weighted by molar-refractivity contribution is 9.10. The van der Waals surface area contributed by atoms with Gasteiger partial charge in [-0.05, 0) is 108 Å². The van der Waals surface area contributed by atoms with E-state index in [1.807, 2.05) is 57.4 Å². The number of Topliss-reactive ketones (excluding diaryl/α,β-unsaturated/α-hetero) is 1. The van der Waals surface area contributed by atoms with Crippen LogP contribution in [0.2, 0.25) is 0 Å². The van der Waals surface area contributed by atoms with E-state index in [1.165, 1.54) is 14.0 Å². The molecule has 2 aliphatic rings. The van der Waals surface area contributed by atoms with Crippen LogP contribution in [-0.4, -0.2) is 123 Å². The van der Waals surface area contributed by atoms with Crippen LogP contribution in [-0.2, 0) is 19.0 Å². The number of hydrogen-bond acceptors (Lipinski definition) is 12. The molecule has 2 aliphatic heterocycles. The lowest BCUT2D eigenvalue weighted by molar-refractivity contribution is -0.134. The van der Waals surface area contributed by atoms with E-state index in [1.54, 1.807) is 30.6 Å². The molecule has 2 aromatic rings. The summed E-state index contributed by atoms with van der Waals surface area (Å²) in [5.74, 6) is -1.29. The molecule has 0 aromatic carbocycles. The van der Waals surface area contributed by atoms with Gasteiger partial charge in [-0.1, -0.05) is 13.8 Å². The monoisotopic (exact) mass is 886 g/mol. The van der Waals surface area contributed by atoms with Gasteiger partial charge in [0.2, 0.25) is 0 Å². The minimum Gasteiger partial charge on any atom is -0.481 e. The number of anilines is 1. The summed E-state index contributed by atoms with van der Waals surface area (Å²) >= 11 is 3.22. The van der Waals surface area contributed by atoms with E-state index in [4.69, 9.17) is 19.4 Å². The number of nitrogens with zero attached hydrogens (tertiary/aromatic N) is 5. The average Bonchev–Trinajstić information content (AvgIpc) is 3.10. The third kappa shape index (κ3) is 19.8. The zero-order valence-electron chi connectivity index (χ0n) is 35.8. The Morgan fingerprint density at radius 1 is 0.807 bits per heavy atom. The van der Waals surface area contributed by atoms with Crippen molar-refractivity contribution in [1.82, 2.24) is 25.1 Å². The van der Waals surface area contributed by atoms with Crippen molar-refractivity contribution in [2.75, 3.05) is 38.2 Å². The number of carbonyl (C=O) groups excluding carboxylic acids is 4. The van der Waals surface area contributed by atoms with E-state index < -0.39 is 23.1 Å². The molecule has 57 heavy (non-hydrogen) atoms. The standard InChI is InChI=1S/C19H29N3O4.C12H24N2O2.C7H6BrNO.C2H4O2.ClH/c1-7-14-12-21(15-8-9-16(20-10-15)17(23)25-6)13(2)11-22(14)18(24)26-19(3,4)5;1-6-10-7-13-9(2)8-14(10)11(15)16-12(3,4)5;1-5(10)7-3-2-6(8)4-9-7;1-2(3)4;/h8-10,13-14H,7,11-12H2,1-6H3;9-10,13H,6-8H2,1-5H3;2-4H,1H3;1H3,(H,3,4);1H/t13-,14+;9-,10+;;;/m11.../s1. The molecule has 0 spiro atoms. The summed E-state index contributed by atoms with van der Waals surface area (Å²) in [6.45, 7) is 25.1. The first-order valence-electron chi connectivity index (χ1n) is 18.8. The number of methoxy groups -OCH3 is 1. The maximum Gasteiger partial charge on any atom is 0.410 e. The van der Waals surface area contributed by atoms with Crippen molar-refractivity contribution in [2.24, 2.45) is 0 Å². The highest BCUT2D eigenvalue weighted by atomic mass is 79.9. The third-order valence-electron chi connectivity index (χ3n) is 8.22. The zero-order chi connectivity index (χ0) is 43.0. The second-order valence-electron chi connectivity index (χ2n) is 15.5. The van der Waals surface area contributed by atoms with Crippen LogP contribution in [0.25, 0.3) is 0 Å². The normalized spacial score (nSPS) is 19.0. The second kappa shape index (κ2) is 24.7. The first-order chi connectivity index (χ1) is 25.9. The molecule has 2 fully saturated rings. The molecule has 0 saturated carbocycles. The van der Waals surface area contributed by atoms with E-state index in [0.29, 0.717) is 24.8 Å². The molecule has 15 nitrogen and oxygen atoms in total. The quantitative estimate of drug-likeness (QED) is 0.170. The number of aliphatic carboxylic acids is 1. The zero-order valence-corrected chi connectivity index (χ0v) is 38.2. The summed E-state index contributed by atoms with van der Waals surface area (Å²) in [6, 6.07) is 7.77. The maximum atomic E-state index is 12.5. The number of aromatic nitrogens is 2. The summed E-state index contributed by atoms with van der Waals surface area (Å²) in [6.07, 6.45) is 4.62. The number of ketones is 1. The van der Waals surface area contributed by atoms with Crippen LogP contribution in [0.1, 0.15) is 117 Å². The fraction of sp³-hybridized carbons (Fsp3) is 0.625. The van der Waals surface area contributed by atoms with Crippen molar-refractivity contribution < 1.29 is 43.3 Å². The smallest absolute Gasteiger partial charge is 0.410 e. The Kier molecular flexibility index (Phi) is 22.9. The van der Waals surface area contributed by atoms with Crippen molar-refractivity contribution >= 4 is 63.9 Å². The van der Waals surface area contributed by atoms with E-state index in [9.17, 15) is 19.2 Å². The van der Waals surface area contributed by atoms with Crippen LogP contribution in [0.5, 0.6) is 0 Å². The Morgan fingerprint density at radius 2 is 1.30 bits per heavy atom. The Labute approximate surface area is 353 Å². The number of halogens is 2. The maximum absolute atomic E-state index is 12.5. The van der Waals surface area contributed by atoms with Crippen LogP contribution >= 0.6 is 28.3 Å². The Morgan fingerprint density at radius 3 is 1.70 bits per heavy atom. The van der Waals surface area contributed by atoms with Crippen molar-refractivity contribution in [3.05, 3.63) is 52.5 Å². The number of carboxylic acids is 1. The van der Waals surface area contributed by atoms with Crippen LogP contribution in [0.15, 0.2) is 41.1 Å². The van der Waals surface area contributed by atoms with E-state index in [0.717, 1.165) is 43.0 Å². The number of piperazine rings is 2. The number of amides is 2. The van der Waals surface area contributed by atoms with Crippen LogP contribution in [0, 0.1) is 0 Å². The van der Waals surface area contributed by atoms with E-state index in [2.05, 4.69) is 68.5 Å². The van der Waals surface area contributed by atoms with Gasteiger partial charge in [0.15, 0.2) is 5.78 Å². The Balaban J connectivity index is 0.000000857. The number of nitrogens with one attached hydrogen (secondary N) is 1. The molecule has 2 aromatic heterocycles. The summed E-state index contributed by atoms with van der Waals surface area (Å²) in [5, 5.41) is 10.8. The molecule has 2 saturated heterocycles.